The van der Waals surface area contributed by atoms with Crippen molar-refractivity contribution in [3.05, 3.63) is 45.3 Å². The molecule has 8 heteroatoms. The zero-order chi connectivity index (χ0) is 19.0. The van der Waals surface area contributed by atoms with E-state index in [9.17, 15) is 9.18 Å². The van der Waals surface area contributed by atoms with E-state index in [1.165, 1.54) is 34.8 Å². The molecule has 26 heavy (non-hydrogen) atoms. The van der Waals surface area contributed by atoms with Gasteiger partial charge < -0.3 is 5.32 Å². The lowest BCUT2D eigenvalue weighted by Gasteiger charge is -2.13. The highest BCUT2D eigenvalue weighted by Gasteiger charge is 2.21. The van der Waals surface area contributed by atoms with Gasteiger partial charge in [-0.25, -0.2) is 14.4 Å². The standard InChI is InChI=1S/C18H17ClFN3OS2/c1-8-9(2)25-17-15(8)18(22-11(4)21-17)26-10(3)16(24)23-14-6-5-12(20)7-13(14)19/h5-7,10H,1-4H3,(H,23,24)/t10-/m1/s1. The van der Waals surface area contributed by atoms with E-state index in [1.54, 1.807) is 18.3 Å². The molecule has 2 aromatic heterocycles. The number of halogens is 2. The average molecular weight is 410 g/mol. The van der Waals surface area contributed by atoms with Gasteiger partial charge in [0.1, 0.15) is 21.5 Å². The first-order valence-corrected chi connectivity index (χ1v) is 10.0. The lowest BCUT2D eigenvalue weighted by molar-refractivity contribution is -0.115. The predicted octanol–water partition coefficient (Wildman–Crippen LogP) is 5.53. The van der Waals surface area contributed by atoms with Crippen LogP contribution in [0.25, 0.3) is 10.2 Å². The zero-order valence-electron chi connectivity index (χ0n) is 14.7. The Morgan fingerprint density at radius 1 is 1.31 bits per heavy atom. The van der Waals surface area contributed by atoms with Crippen LogP contribution in [0.15, 0.2) is 23.2 Å². The van der Waals surface area contributed by atoms with E-state index >= 15 is 0 Å². The van der Waals surface area contributed by atoms with Gasteiger partial charge in [0.2, 0.25) is 5.91 Å². The first-order valence-electron chi connectivity index (χ1n) is 7.93. The normalized spacial score (nSPS) is 12.4. The smallest absolute Gasteiger partial charge is 0.237 e. The summed E-state index contributed by atoms with van der Waals surface area (Å²) in [6.07, 6.45) is 0. The molecule has 0 radical (unpaired) electrons. The third-order valence-corrected chi connectivity index (χ3v) is 6.45. The molecular formula is C18H17ClFN3OS2. The summed E-state index contributed by atoms with van der Waals surface area (Å²) in [4.78, 5) is 23.7. The molecule has 0 aliphatic carbocycles. The fraction of sp³-hybridized carbons (Fsp3) is 0.278. The number of thiophene rings is 1. The van der Waals surface area contributed by atoms with Crippen molar-refractivity contribution in [3.8, 4) is 0 Å². The summed E-state index contributed by atoms with van der Waals surface area (Å²) in [5.41, 5.74) is 1.53. The first kappa shape index (κ1) is 19.1. The second-order valence-corrected chi connectivity index (χ2v) is 8.85. The molecule has 0 unspecified atom stereocenters. The molecule has 3 rings (SSSR count). The monoisotopic (exact) mass is 409 g/mol. The highest BCUT2D eigenvalue weighted by Crippen LogP contribution is 2.36. The molecule has 136 valence electrons. The molecule has 1 atom stereocenters. The number of fused-ring (bicyclic) bond motifs is 1. The number of carbonyl (C=O) groups excluding carboxylic acids is 1. The van der Waals surface area contributed by atoms with Crippen molar-refractivity contribution in [2.75, 3.05) is 5.32 Å². The summed E-state index contributed by atoms with van der Waals surface area (Å²) < 4.78 is 13.1. The van der Waals surface area contributed by atoms with E-state index in [1.807, 2.05) is 13.8 Å². The second kappa shape index (κ2) is 7.50. The first-order chi connectivity index (χ1) is 12.3. The maximum Gasteiger partial charge on any atom is 0.237 e. The number of aryl methyl sites for hydroxylation is 3. The molecule has 1 amide bonds. The van der Waals surface area contributed by atoms with Crippen molar-refractivity contribution in [1.82, 2.24) is 9.97 Å². The summed E-state index contributed by atoms with van der Waals surface area (Å²) in [6, 6.07) is 3.88. The van der Waals surface area contributed by atoms with Crippen LogP contribution in [0.3, 0.4) is 0 Å². The third kappa shape index (κ3) is 3.84. The number of thioether (sulfide) groups is 1. The minimum absolute atomic E-state index is 0.167. The van der Waals surface area contributed by atoms with E-state index in [2.05, 4.69) is 22.2 Å². The Bertz CT molecular complexity index is 1010. The highest BCUT2D eigenvalue weighted by atomic mass is 35.5. The number of amides is 1. The molecule has 0 aliphatic heterocycles. The van der Waals surface area contributed by atoms with Gasteiger partial charge in [0.15, 0.2) is 0 Å². The molecule has 0 saturated carbocycles. The number of rotatable bonds is 4. The third-order valence-electron chi connectivity index (χ3n) is 3.95. The van der Waals surface area contributed by atoms with E-state index in [-0.39, 0.29) is 10.9 Å². The van der Waals surface area contributed by atoms with Crippen LogP contribution in [-0.4, -0.2) is 21.1 Å². The van der Waals surface area contributed by atoms with Crippen molar-refractivity contribution in [3.63, 3.8) is 0 Å². The second-order valence-electron chi connectivity index (χ2n) is 5.91. The van der Waals surface area contributed by atoms with Crippen molar-refractivity contribution in [1.29, 1.82) is 0 Å². The minimum Gasteiger partial charge on any atom is -0.324 e. The molecule has 2 heterocycles. The van der Waals surface area contributed by atoms with E-state index in [0.29, 0.717) is 11.5 Å². The molecule has 1 aromatic carbocycles. The van der Waals surface area contributed by atoms with E-state index < -0.39 is 11.1 Å². The van der Waals surface area contributed by atoms with Crippen LogP contribution < -0.4 is 5.32 Å². The maximum atomic E-state index is 13.1. The number of carbonyl (C=O) groups is 1. The maximum absolute atomic E-state index is 13.1. The summed E-state index contributed by atoms with van der Waals surface area (Å²) in [7, 11) is 0. The Labute approximate surface area is 164 Å². The number of nitrogens with one attached hydrogen (secondary N) is 1. The lowest BCUT2D eigenvalue weighted by atomic mass is 10.2. The van der Waals surface area contributed by atoms with Gasteiger partial charge in [-0.3, -0.25) is 4.79 Å². The topological polar surface area (TPSA) is 54.9 Å². The number of anilines is 1. The SMILES string of the molecule is Cc1nc(S[C@H](C)C(=O)Nc2ccc(F)cc2Cl)c2c(C)c(C)sc2n1. The van der Waals surface area contributed by atoms with Crippen LogP contribution in [0.5, 0.6) is 0 Å². The van der Waals surface area contributed by atoms with Crippen LogP contribution in [0.1, 0.15) is 23.2 Å². The van der Waals surface area contributed by atoms with Crippen molar-refractivity contribution in [2.45, 2.75) is 38.0 Å². The Morgan fingerprint density at radius 2 is 2.04 bits per heavy atom. The minimum atomic E-state index is -0.447. The van der Waals surface area contributed by atoms with Crippen LogP contribution in [-0.2, 0) is 4.79 Å². The molecule has 1 N–H and O–H groups in total. The van der Waals surface area contributed by atoms with Crippen molar-refractivity contribution in [2.24, 2.45) is 0 Å². The number of benzene rings is 1. The molecule has 0 bridgehead atoms. The van der Waals surface area contributed by atoms with Gasteiger partial charge in [-0.2, -0.15) is 0 Å². The lowest BCUT2D eigenvalue weighted by Crippen LogP contribution is -2.22. The number of nitrogens with zero attached hydrogens (tertiary/aromatic N) is 2. The molecule has 3 aromatic rings. The molecule has 0 aliphatic rings. The molecule has 4 nitrogen and oxygen atoms in total. The predicted molar refractivity (Wildman–Crippen MR) is 107 cm³/mol. The van der Waals surface area contributed by atoms with Crippen molar-refractivity contribution >= 4 is 56.5 Å². The fourth-order valence-electron chi connectivity index (χ4n) is 2.45. The van der Waals surface area contributed by atoms with E-state index in [4.69, 9.17) is 11.6 Å². The van der Waals surface area contributed by atoms with Gasteiger partial charge in [0.25, 0.3) is 0 Å². The average Bonchev–Trinajstić information content (AvgIpc) is 2.84. The molecule has 0 spiro atoms. The van der Waals surface area contributed by atoms with Crippen LogP contribution in [0, 0.1) is 26.6 Å². The summed E-state index contributed by atoms with van der Waals surface area (Å²) in [6.45, 7) is 7.74. The summed E-state index contributed by atoms with van der Waals surface area (Å²) in [5, 5.41) is 4.29. The van der Waals surface area contributed by atoms with Gasteiger partial charge in [-0.15, -0.1) is 11.3 Å². The summed E-state index contributed by atoms with van der Waals surface area (Å²) >= 11 is 8.99. The van der Waals surface area contributed by atoms with Crippen LogP contribution >= 0.6 is 34.7 Å². The largest absolute Gasteiger partial charge is 0.324 e. The molecule has 0 saturated heterocycles. The molecular weight excluding hydrogens is 393 g/mol. The number of aromatic nitrogens is 2. The number of hydrogen-bond donors (Lipinski definition) is 1. The Morgan fingerprint density at radius 3 is 2.73 bits per heavy atom. The van der Waals surface area contributed by atoms with Crippen LogP contribution in [0.4, 0.5) is 10.1 Å². The Kier molecular flexibility index (Phi) is 5.50. The van der Waals surface area contributed by atoms with Gasteiger partial charge in [-0.05, 0) is 51.5 Å². The van der Waals surface area contributed by atoms with Gasteiger partial charge in [-0.1, -0.05) is 23.4 Å². The fourth-order valence-corrected chi connectivity index (χ4v) is 4.85. The zero-order valence-corrected chi connectivity index (χ0v) is 17.1. The highest BCUT2D eigenvalue weighted by molar-refractivity contribution is 8.00. The summed E-state index contributed by atoms with van der Waals surface area (Å²) in [5.74, 6) is 0.00513. The quantitative estimate of drug-likeness (QED) is 0.454. The van der Waals surface area contributed by atoms with Crippen molar-refractivity contribution < 1.29 is 9.18 Å². The molecule has 0 fully saturated rings. The van der Waals surface area contributed by atoms with Gasteiger partial charge in [0, 0.05) is 10.3 Å². The Balaban J connectivity index is 1.84. The van der Waals surface area contributed by atoms with E-state index in [0.717, 1.165) is 20.8 Å². The van der Waals surface area contributed by atoms with Crippen LogP contribution in [0.2, 0.25) is 5.02 Å². The van der Waals surface area contributed by atoms with Gasteiger partial charge >= 0.3 is 0 Å². The number of hydrogen-bond acceptors (Lipinski definition) is 5. The van der Waals surface area contributed by atoms with Gasteiger partial charge in [0.05, 0.1) is 16.0 Å². The Hall–Kier alpha value is -1.70.